The minimum Gasteiger partial charge on any atom is -0.502 e. The van der Waals surface area contributed by atoms with Gasteiger partial charge in [-0.2, -0.15) is 11.8 Å². The highest BCUT2D eigenvalue weighted by atomic mass is 32.2. The summed E-state index contributed by atoms with van der Waals surface area (Å²) in [6.45, 7) is 2.07. The van der Waals surface area contributed by atoms with E-state index in [2.05, 4.69) is 10.3 Å². The molecule has 0 radical (unpaired) electrons. The summed E-state index contributed by atoms with van der Waals surface area (Å²) in [5.74, 6) is 1.89. The van der Waals surface area contributed by atoms with Crippen LogP contribution >= 0.6 is 11.8 Å². The molecule has 2 aromatic rings. The number of aromatic hydroxyl groups is 1. The first-order valence-corrected chi connectivity index (χ1v) is 9.73. The molecular formula is C19H22N2O4S. The first kappa shape index (κ1) is 18.5. The average Bonchev–Trinajstić information content (AvgIpc) is 2.64. The molecule has 3 heterocycles. The van der Waals surface area contributed by atoms with E-state index in [0.717, 1.165) is 17.1 Å². The Morgan fingerprint density at radius 3 is 2.88 bits per heavy atom. The number of amides is 1. The summed E-state index contributed by atoms with van der Waals surface area (Å²) in [6, 6.07) is 4.99. The van der Waals surface area contributed by atoms with Crippen LogP contribution in [0.3, 0.4) is 0 Å². The average molecular weight is 374 g/mol. The van der Waals surface area contributed by atoms with Crippen LogP contribution in [0.5, 0.6) is 5.75 Å². The number of aromatic nitrogens is 1. The topological polar surface area (TPSA) is 92.4 Å². The Morgan fingerprint density at radius 2 is 2.19 bits per heavy atom. The normalized spacial score (nSPS) is 16.2. The van der Waals surface area contributed by atoms with Gasteiger partial charge in [0.15, 0.2) is 5.76 Å². The van der Waals surface area contributed by atoms with Crippen molar-refractivity contribution in [1.82, 2.24) is 10.3 Å². The van der Waals surface area contributed by atoms with Crippen molar-refractivity contribution in [3.8, 4) is 5.75 Å². The third-order valence-electron chi connectivity index (χ3n) is 4.69. The Labute approximate surface area is 156 Å². The van der Waals surface area contributed by atoms with Crippen molar-refractivity contribution < 1.29 is 14.3 Å². The fourth-order valence-electron chi connectivity index (χ4n) is 3.28. The first-order chi connectivity index (χ1) is 12.5. The SMILES string of the molecule is Cc1cc(=O)c(O)c(C2(CC(=O)NCc3cccnc3)CCSCC2)o1. The number of nitrogens with zero attached hydrogens (tertiary/aromatic N) is 1. The number of hydrogen-bond acceptors (Lipinski definition) is 6. The maximum atomic E-state index is 12.6. The van der Waals surface area contributed by atoms with Crippen molar-refractivity contribution >= 4 is 17.7 Å². The molecule has 0 aliphatic carbocycles. The number of carbonyl (C=O) groups is 1. The zero-order valence-electron chi connectivity index (χ0n) is 14.7. The molecule has 0 spiro atoms. The van der Waals surface area contributed by atoms with Crippen LogP contribution in [0.1, 0.15) is 36.3 Å². The lowest BCUT2D eigenvalue weighted by Gasteiger charge is -2.35. The standard InChI is InChI=1S/C19H22N2O4S/c1-13-9-15(22)17(24)18(25-13)19(4-7-26-8-5-19)10-16(23)21-12-14-3-2-6-20-11-14/h2-3,6,9,11,24H,4-5,7-8,10,12H2,1H3,(H,21,23). The first-order valence-electron chi connectivity index (χ1n) is 8.58. The molecule has 1 aliphatic heterocycles. The van der Waals surface area contributed by atoms with E-state index in [-0.39, 0.29) is 23.8 Å². The lowest BCUT2D eigenvalue weighted by atomic mass is 9.75. The van der Waals surface area contributed by atoms with Crippen molar-refractivity contribution in [2.24, 2.45) is 0 Å². The number of pyridine rings is 1. The van der Waals surface area contributed by atoms with Crippen LogP contribution in [-0.2, 0) is 16.8 Å². The molecule has 1 amide bonds. The van der Waals surface area contributed by atoms with Gasteiger partial charge in [0.2, 0.25) is 17.1 Å². The van der Waals surface area contributed by atoms with Gasteiger partial charge in [0, 0.05) is 36.8 Å². The van der Waals surface area contributed by atoms with Crippen LogP contribution in [0.4, 0.5) is 0 Å². The lowest BCUT2D eigenvalue weighted by Crippen LogP contribution is -2.38. The van der Waals surface area contributed by atoms with E-state index >= 15 is 0 Å². The Hall–Kier alpha value is -2.28. The molecule has 138 valence electrons. The predicted octanol–water partition coefficient (Wildman–Crippen LogP) is 2.52. The number of rotatable bonds is 5. The maximum absolute atomic E-state index is 12.6. The summed E-state index contributed by atoms with van der Waals surface area (Å²) >= 11 is 1.80. The van der Waals surface area contributed by atoms with E-state index in [9.17, 15) is 14.7 Å². The van der Waals surface area contributed by atoms with Crippen LogP contribution in [-0.4, -0.2) is 27.5 Å². The molecule has 2 N–H and O–H groups in total. The maximum Gasteiger partial charge on any atom is 0.227 e. The van der Waals surface area contributed by atoms with Crippen LogP contribution in [0.25, 0.3) is 0 Å². The molecule has 3 rings (SSSR count). The molecular weight excluding hydrogens is 352 g/mol. The van der Waals surface area contributed by atoms with Crippen LogP contribution in [0.2, 0.25) is 0 Å². The molecule has 2 aromatic heterocycles. The summed E-state index contributed by atoms with van der Waals surface area (Å²) in [5, 5.41) is 13.2. The molecule has 0 unspecified atom stereocenters. The second kappa shape index (κ2) is 7.95. The Morgan fingerprint density at radius 1 is 1.42 bits per heavy atom. The Kier molecular flexibility index (Phi) is 5.66. The van der Waals surface area contributed by atoms with Crippen LogP contribution in [0.15, 0.2) is 39.8 Å². The number of aryl methyl sites for hydroxylation is 1. The highest BCUT2D eigenvalue weighted by Crippen LogP contribution is 2.43. The molecule has 6 nitrogen and oxygen atoms in total. The van der Waals surface area contributed by atoms with Crippen LogP contribution in [0, 0.1) is 6.92 Å². The van der Waals surface area contributed by atoms with Gasteiger partial charge in [-0.25, -0.2) is 0 Å². The number of thioether (sulfide) groups is 1. The molecule has 0 aromatic carbocycles. The molecule has 0 bridgehead atoms. The zero-order chi connectivity index (χ0) is 18.6. The van der Waals surface area contributed by atoms with Crippen molar-refractivity contribution in [2.75, 3.05) is 11.5 Å². The molecule has 1 fully saturated rings. The number of hydrogen-bond donors (Lipinski definition) is 2. The van der Waals surface area contributed by atoms with Gasteiger partial charge in [-0.3, -0.25) is 14.6 Å². The van der Waals surface area contributed by atoms with Gasteiger partial charge in [0.1, 0.15) is 5.76 Å². The van der Waals surface area contributed by atoms with E-state index in [1.54, 1.807) is 31.1 Å². The van der Waals surface area contributed by atoms with E-state index in [1.807, 2.05) is 12.1 Å². The minimum atomic E-state index is -0.653. The highest BCUT2D eigenvalue weighted by molar-refractivity contribution is 7.99. The van der Waals surface area contributed by atoms with E-state index in [0.29, 0.717) is 25.1 Å². The molecule has 0 saturated carbocycles. The Balaban J connectivity index is 1.82. The van der Waals surface area contributed by atoms with Gasteiger partial charge in [-0.15, -0.1) is 0 Å². The number of nitrogens with one attached hydrogen (secondary N) is 1. The largest absolute Gasteiger partial charge is 0.502 e. The van der Waals surface area contributed by atoms with Crippen molar-refractivity contribution in [3.05, 3.63) is 57.9 Å². The van der Waals surface area contributed by atoms with Crippen LogP contribution < -0.4 is 10.7 Å². The third-order valence-corrected chi connectivity index (χ3v) is 5.67. The predicted molar refractivity (Wildman–Crippen MR) is 100 cm³/mol. The summed E-state index contributed by atoms with van der Waals surface area (Å²) in [6.07, 6.45) is 4.92. The monoisotopic (exact) mass is 374 g/mol. The third kappa shape index (κ3) is 4.09. The van der Waals surface area contributed by atoms with Crippen molar-refractivity contribution in [1.29, 1.82) is 0 Å². The van der Waals surface area contributed by atoms with Gasteiger partial charge in [0.05, 0.1) is 0 Å². The fourth-order valence-corrected chi connectivity index (χ4v) is 4.56. The summed E-state index contributed by atoms with van der Waals surface area (Å²) < 4.78 is 5.75. The van der Waals surface area contributed by atoms with Gasteiger partial charge in [-0.05, 0) is 42.9 Å². The Bertz CT molecular complexity index is 829. The van der Waals surface area contributed by atoms with Gasteiger partial charge >= 0.3 is 0 Å². The van der Waals surface area contributed by atoms with Crippen molar-refractivity contribution in [2.45, 2.75) is 38.1 Å². The van der Waals surface area contributed by atoms with Gasteiger partial charge in [-0.1, -0.05) is 6.07 Å². The lowest BCUT2D eigenvalue weighted by molar-refractivity contribution is -0.122. The second-order valence-electron chi connectivity index (χ2n) is 6.61. The van der Waals surface area contributed by atoms with E-state index in [1.165, 1.54) is 6.07 Å². The molecule has 1 aliphatic rings. The zero-order valence-corrected chi connectivity index (χ0v) is 15.5. The summed E-state index contributed by atoms with van der Waals surface area (Å²) in [5.41, 5.74) is -0.198. The van der Waals surface area contributed by atoms with Gasteiger partial charge in [0.25, 0.3) is 0 Å². The molecule has 7 heteroatoms. The van der Waals surface area contributed by atoms with E-state index in [4.69, 9.17) is 4.42 Å². The smallest absolute Gasteiger partial charge is 0.227 e. The highest BCUT2D eigenvalue weighted by Gasteiger charge is 2.41. The minimum absolute atomic E-state index is 0.135. The summed E-state index contributed by atoms with van der Waals surface area (Å²) in [4.78, 5) is 28.7. The molecule has 26 heavy (non-hydrogen) atoms. The number of carbonyl (C=O) groups excluding carboxylic acids is 1. The molecule has 1 saturated heterocycles. The second-order valence-corrected chi connectivity index (χ2v) is 7.83. The van der Waals surface area contributed by atoms with Gasteiger partial charge < -0.3 is 14.8 Å². The van der Waals surface area contributed by atoms with E-state index < -0.39 is 10.8 Å². The quantitative estimate of drug-likeness (QED) is 0.835. The molecule has 0 atom stereocenters. The van der Waals surface area contributed by atoms with Crippen molar-refractivity contribution in [3.63, 3.8) is 0 Å². The summed E-state index contributed by atoms with van der Waals surface area (Å²) in [7, 11) is 0. The fraction of sp³-hybridized carbons (Fsp3) is 0.421.